The Morgan fingerprint density at radius 1 is 0.414 bits per heavy atom. The summed E-state index contributed by atoms with van der Waals surface area (Å²) in [6.07, 6.45) is 10.9. The summed E-state index contributed by atoms with van der Waals surface area (Å²) in [6, 6.07) is 63.3. The quantitative estimate of drug-likeness (QED) is 0.0330. The van der Waals surface area contributed by atoms with Gasteiger partial charge in [0, 0.05) is 144 Å². The summed E-state index contributed by atoms with van der Waals surface area (Å²) in [6.45, 7) is 27.8. The maximum Gasteiger partial charge on any atom is 0.258 e. The van der Waals surface area contributed by atoms with Gasteiger partial charge in [-0.2, -0.15) is 0 Å². The van der Waals surface area contributed by atoms with E-state index >= 15 is 0 Å². The van der Waals surface area contributed by atoms with Gasteiger partial charge in [0.1, 0.15) is 11.5 Å². The maximum atomic E-state index is 13.9. The highest BCUT2D eigenvalue weighted by atomic mass is 16.7. The van der Waals surface area contributed by atoms with Gasteiger partial charge < -0.3 is 49.2 Å². The Morgan fingerprint density at radius 2 is 0.848 bits per heavy atom. The van der Waals surface area contributed by atoms with Gasteiger partial charge in [-0.3, -0.25) is 19.4 Å². The second kappa shape index (κ2) is 35.9. The molecule has 0 radical (unpaired) electrons. The van der Waals surface area contributed by atoms with Crippen molar-refractivity contribution < 1.29 is 28.5 Å². The number of carbonyl (C=O) groups is 2. The molecule has 14 heteroatoms. The Hall–Kier alpha value is -8.66. The highest BCUT2D eigenvalue weighted by molar-refractivity contribution is 6.08. The molecule has 0 saturated carbocycles. The number of piperazine rings is 2. The molecule has 12 rings (SSSR count). The maximum absolute atomic E-state index is 13.9. The first kappa shape index (κ1) is 71.6. The molecular formula is C85H106N8O6. The molecule has 2 N–H and O–H groups in total. The van der Waals surface area contributed by atoms with Crippen molar-refractivity contribution in [3.8, 4) is 11.5 Å². The van der Waals surface area contributed by atoms with E-state index in [2.05, 4.69) is 210 Å². The van der Waals surface area contributed by atoms with Crippen LogP contribution in [0, 0.1) is 0 Å². The number of amides is 2. The number of rotatable bonds is 30. The summed E-state index contributed by atoms with van der Waals surface area (Å²) in [7, 11) is 0. The monoisotopic (exact) mass is 1330 g/mol. The van der Waals surface area contributed by atoms with Gasteiger partial charge in [-0.15, -0.1) is 0 Å². The van der Waals surface area contributed by atoms with Crippen LogP contribution in [0.3, 0.4) is 0 Å². The van der Waals surface area contributed by atoms with E-state index in [1.807, 2.05) is 60.0 Å². The van der Waals surface area contributed by atoms with E-state index in [0.717, 1.165) is 153 Å². The SMILES string of the molecule is CCCCCCCCc1ccc(CNc2ccc3c(c2)N(C(=O)c2cccc(CN4CCN(c5ccccc5OC(C)C)CC4)c2)CC3)cc1.CCOC(OCC)c1ccc(CNc2ccc3c(c2)N(C(=O)c2cccc(CN4CCN(c5ccccc5OC(C)C)CC4)c2)CC3)cc1. The predicted molar refractivity (Wildman–Crippen MR) is 407 cm³/mol. The number of hydrogen-bond acceptors (Lipinski definition) is 12. The Labute approximate surface area is 590 Å². The summed E-state index contributed by atoms with van der Waals surface area (Å²) in [5.41, 5.74) is 17.5. The van der Waals surface area contributed by atoms with Gasteiger partial charge >= 0.3 is 0 Å². The highest BCUT2D eigenvalue weighted by Gasteiger charge is 2.29. The average molecular weight is 1340 g/mol. The molecular weight excluding hydrogens is 1230 g/mol. The van der Waals surface area contributed by atoms with Crippen LogP contribution in [0.15, 0.2) is 182 Å². The lowest BCUT2D eigenvalue weighted by molar-refractivity contribution is -0.140. The molecule has 14 nitrogen and oxygen atoms in total. The molecule has 0 atom stereocenters. The first-order valence-electron chi connectivity index (χ1n) is 36.8. The second-order valence-corrected chi connectivity index (χ2v) is 27.3. The topological polar surface area (TPSA) is 115 Å². The molecule has 4 heterocycles. The van der Waals surface area contributed by atoms with Crippen molar-refractivity contribution in [2.24, 2.45) is 0 Å². The van der Waals surface area contributed by atoms with E-state index in [0.29, 0.717) is 32.8 Å². The molecule has 4 aliphatic heterocycles. The fourth-order valence-corrected chi connectivity index (χ4v) is 13.9. The molecule has 8 aromatic rings. The molecule has 2 fully saturated rings. The summed E-state index contributed by atoms with van der Waals surface area (Å²) in [5, 5.41) is 7.16. The zero-order valence-electron chi connectivity index (χ0n) is 59.9. The molecule has 522 valence electrons. The van der Waals surface area contributed by atoms with Gasteiger partial charge in [-0.1, -0.05) is 148 Å². The number of anilines is 6. The first-order valence-corrected chi connectivity index (χ1v) is 36.8. The Bertz CT molecular complexity index is 3850. The molecule has 2 amide bonds. The average Bonchev–Trinajstić information content (AvgIpc) is 1.69. The normalized spacial score (nSPS) is 14.7. The lowest BCUT2D eigenvalue weighted by atomic mass is 10.0. The molecule has 8 aromatic carbocycles. The molecule has 0 spiro atoms. The Kier molecular flexibility index (Phi) is 26.0. The molecule has 99 heavy (non-hydrogen) atoms. The third-order valence-corrected chi connectivity index (χ3v) is 19.2. The van der Waals surface area contributed by atoms with Gasteiger partial charge in [0.25, 0.3) is 11.8 Å². The number of hydrogen-bond donors (Lipinski definition) is 2. The number of benzene rings is 8. The Morgan fingerprint density at radius 3 is 1.30 bits per heavy atom. The van der Waals surface area contributed by atoms with Crippen LogP contribution in [-0.2, 0) is 54.9 Å². The van der Waals surface area contributed by atoms with Crippen molar-refractivity contribution in [2.75, 3.05) is 109 Å². The zero-order chi connectivity index (χ0) is 68.9. The highest BCUT2D eigenvalue weighted by Crippen LogP contribution is 2.36. The van der Waals surface area contributed by atoms with E-state index in [-0.39, 0.29) is 30.3 Å². The van der Waals surface area contributed by atoms with E-state index in [9.17, 15) is 9.59 Å². The minimum atomic E-state index is -0.340. The van der Waals surface area contributed by atoms with E-state index in [1.165, 1.54) is 78.5 Å². The van der Waals surface area contributed by atoms with Crippen molar-refractivity contribution in [3.05, 3.63) is 238 Å². The number of nitrogens with one attached hydrogen (secondary N) is 2. The minimum absolute atomic E-state index is 0.0538. The van der Waals surface area contributed by atoms with Gasteiger partial charge in [0.15, 0.2) is 6.29 Å². The number of nitrogens with zero attached hydrogens (tertiary/aromatic N) is 6. The number of fused-ring (bicyclic) bond motifs is 2. The van der Waals surface area contributed by atoms with Crippen LogP contribution in [0.2, 0.25) is 0 Å². The van der Waals surface area contributed by atoms with Crippen LogP contribution in [0.4, 0.5) is 34.1 Å². The van der Waals surface area contributed by atoms with Crippen LogP contribution in [0.25, 0.3) is 0 Å². The van der Waals surface area contributed by atoms with Crippen molar-refractivity contribution in [2.45, 2.75) is 151 Å². The summed E-state index contributed by atoms with van der Waals surface area (Å²) >= 11 is 0. The van der Waals surface area contributed by atoms with E-state index in [4.69, 9.17) is 18.9 Å². The molecule has 0 unspecified atom stereocenters. The largest absolute Gasteiger partial charge is 0.489 e. The summed E-state index contributed by atoms with van der Waals surface area (Å²) in [5.74, 6) is 2.04. The third-order valence-electron chi connectivity index (χ3n) is 19.2. The molecule has 0 aliphatic carbocycles. The first-order chi connectivity index (χ1) is 48.4. The fourth-order valence-electron chi connectivity index (χ4n) is 13.9. The number of carbonyl (C=O) groups excluding carboxylic acids is 2. The van der Waals surface area contributed by atoms with Gasteiger partial charge in [0.2, 0.25) is 0 Å². The standard InChI is InChI=1S/C44H56N4O2.C41H50N4O4/c1-4-5-6-7-8-9-13-35-18-20-36(21-19-35)32-45-40-23-22-38-24-25-48(42(38)31-40)44(49)39-15-12-14-37(30-39)33-46-26-28-47(29-27-46)41-16-10-11-17-43(41)50-34(2)3;1-5-47-41(48-6-2)34-16-14-31(15-17-34)28-42-36-19-18-33-20-21-45(38(33)27-36)40(46)35-11-9-10-32(26-35)29-43-22-24-44(25-23-43)37-12-7-8-13-39(37)49-30(3)4/h10-12,14-23,30-31,34,45H,4-9,13,24-29,32-33H2,1-3H3;7-19,26-27,30,41-42H,5-6,20-25,28-29H2,1-4H3. The smallest absolute Gasteiger partial charge is 0.258 e. The van der Waals surface area contributed by atoms with Crippen LogP contribution in [0.1, 0.15) is 159 Å². The Balaban J connectivity index is 0.000000200. The van der Waals surface area contributed by atoms with E-state index < -0.39 is 0 Å². The number of ether oxygens (including phenoxy) is 4. The van der Waals surface area contributed by atoms with Gasteiger partial charge in [0.05, 0.1) is 23.6 Å². The molecule has 0 bridgehead atoms. The van der Waals surface area contributed by atoms with E-state index in [1.54, 1.807) is 0 Å². The lowest BCUT2D eigenvalue weighted by Crippen LogP contribution is -2.46. The van der Waals surface area contributed by atoms with Gasteiger partial charge in [-0.25, -0.2) is 0 Å². The van der Waals surface area contributed by atoms with Gasteiger partial charge in [-0.05, 0) is 179 Å². The van der Waals surface area contributed by atoms with Crippen LogP contribution >= 0.6 is 0 Å². The fraction of sp³-hybridized carbons (Fsp3) is 0.412. The third kappa shape index (κ3) is 19.8. The van der Waals surface area contributed by atoms with Crippen molar-refractivity contribution in [1.29, 1.82) is 0 Å². The van der Waals surface area contributed by atoms with Crippen molar-refractivity contribution >= 4 is 45.9 Å². The summed E-state index contributed by atoms with van der Waals surface area (Å²) in [4.78, 5) is 41.5. The molecule has 2 saturated heterocycles. The van der Waals surface area contributed by atoms with Crippen molar-refractivity contribution in [1.82, 2.24) is 9.80 Å². The zero-order valence-corrected chi connectivity index (χ0v) is 59.9. The number of aryl methyl sites for hydroxylation is 1. The summed E-state index contributed by atoms with van der Waals surface area (Å²) < 4.78 is 23.6. The number of unbranched alkanes of at least 4 members (excludes halogenated alkanes) is 5. The lowest BCUT2D eigenvalue weighted by Gasteiger charge is -2.37. The second-order valence-electron chi connectivity index (χ2n) is 27.3. The molecule has 4 aliphatic rings. The van der Waals surface area contributed by atoms with Crippen molar-refractivity contribution in [3.63, 3.8) is 0 Å². The number of para-hydroxylation sites is 4. The molecule has 0 aromatic heterocycles. The predicted octanol–water partition coefficient (Wildman–Crippen LogP) is 17.2. The van der Waals surface area contributed by atoms with Crippen LogP contribution in [0.5, 0.6) is 11.5 Å². The minimum Gasteiger partial charge on any atom is -0.489 e. The van der Waals surface area contributed by atoms with Crippen LogP contribution < -0.4 is 39.7 Å². The van der Waals surface area contributed by atoms with Crippen LogP contribution in [-0.4, -0.2) is 112 Å².